The zero-order valence-electron chi connectivity index (χ0n) is 7.49. The maximum atomic E-state index is 11.4. The van der Waals surface area contributed by atoms with E-state index in [0.29, 0.717) is 17.7 Å². The van der Waals surface area contributed by atoms with Gasteiger partial charge in [0.05, 0.1) is 17.5 Å². The number of Topliss-reactive ketones (excluding diaryl/α,β-unsaturated/α-hetero) is 1. The Labute approximate surface area is 85.8 Å². The number of fused-ring (bicyclic) bond motifs is 1. The molecule has 5 heteroatoms. The zero-order valence-corrected chi connectivity index (χ0v) is 8.25. The molecular weight excluding hydrogens is 204 g/mol. The molecule has 1 heterocycles. The Balaban J connectivity index is 2.45. The van der Waals surface area contributed by atoms with E-state index in [1.54, 1.807) is 0 Å². The van der Waals surface area contributed by atoms with Gasteiger partial charge >= 0.3 is 0 Å². The number of hydrogen-bond acceptors (Lipinski definition) is 3. The van der Waals surface area contributed by atoms with Crippen LogP contribution in [-0.2, 0) is 6.42 Å². The molecule has 0 amide bonds. The van der Waals surface area contributed by atoms with Gasteiger partial charge in [0.25, 0.3) is 5.91 Å². The smallest absolute Gasteiger partial charge is 0.262 e. The summed E-state index contributed by atoms with van der Waals surface area (Å²) in [4.78, 5) is 22.7. The van der Waals surface area contributed by atoms with Crippen molar-refractivity contribution in [2.75, 3.05) is 5.88 Å². The first-order chi connectivity index (χ1) is 6.74. The molecule has 0 aromatic carbocycles. The van der Waals surface area contributed by atoms with Crippen LogP contribution >= 0.6 is 11.6 Å². The largest absolute Gasteiger partial charge is 0.294 e. The molecule has 0 N–H and O–H groups in total. The summed E-state index contributed by atoms with van der Waals surface area (Å²) in [5, 5.41) is 3.88. The Kier molecular flexibility index (Phi) is 2.37. The minimum Gasteiger partial charge on any atom is -0.294 e. The van der Waals surface area contributed by atoms with E-state index < -0.39 is 0 Å². The summed E-state index contributed by atoms with van der Waals surface area (Å²) in [7, 11) is 0. The summed E-state index contributed by atoms with van der Waals surface area (Å²) < 4.78 is 1.25. The molecule has 0 radical (unpaired) electrons. The third-order valence-electron chi connectivity index (χ3n) is 2.34. The topological polar surface area (TPSA) is 52.0 Å². The summed E-state index contributed by atoms with van der Waals surface area (Å²) in [5.74, 6) is -0.315. The molecule has 1 aromatic rings. The Morgan fingerprint density at radius 2 is 2.36 bits per heavy atom. The summed E-state index contributed by atoms with van der Waals surface area (Å²) >= 11 is 5.43. The predicted octanol–water partition coefficient (Wildman–Crippen LogP) is 1.28. The SMILES string of the molecule is O=C1CCCc2c1cnn2C(=O)CCl. The van der Waals surface area contributed by atoms with Gasteiger partial charge in [0.2, 0.25) is 0 Å². The molecule has 1 aromatic heterocycles. The number of nitrogens with zero attached hydrogens (tertiary/aromatic N) is 2. The van der Waals surface area contributed by atoms with Crippen LogP contribution < -0.4 is 0 Å². The van der Waals surface area contributed by atoms with Gasteiger partial charge in [-0.25, -0.2) is 4.68 Å². The van der Waals surface area contributed by atoms with E-state index in [0.717, 1.165) is 12.8 Å². The van der Waals surface area contributed by atoms with Crippen molar-refractivity contribution in [3.05, 3.63) is 17.5 Å². The van der Waals surface area contributed by atoms with Crippen molar-refractivity contribution in [2.24, 2.45) is 0 Å². The average molecular weight is 213 g/mol. The maximum absolute atomic E-state index is 11.4. The summed E-state index contributed by atoms with van der Waals surface area (Å²) in [6.07, 6.45) is 3.52. The highest BCUT2D eigenvalue weighted by Crippen LogP contribution is 2.20. The van der Waals surface area contributed by atoms with Gasteiger partial charge in [0, 0.05) is 6.42 Å². The Hall–Kier alpha value is -1.16. The van der Waals surface area contributed by atoms with Crippen molar-refractivity contribution >= 4 is 23.3 Å². The summed E-state index contributed by atoms with van der Waals surface area (Å²) in [6, 6.07) is 0. The molecule has 14 heavy (non-hydrogen) atoms. The van der Waals surface area contributed by atoms with E-state index in [1.807, 2.05) is 0 Å². The lowest BCUT2D eigenvalue weighted by Gasteiger charge is -2.11. The second kappa shape index (κ2) is 3.53. The molecule has 0 unspecified atom stereocenters. The fraction of sp³-hybridized carbons (Fsp3) is 0.444. The summed E-state index contributed by atoms with van der Waals surface area (Å²) in [5.41, 5.74) is 1.29. The van der Waals surface area contributed by atoms with Gasteiger partial charge in [-0.2, -0.15) is 5.10 Å². The van der Waals surface area contributed by atoms with E-state index in [4.69, 9.17) is 11.6 Å². The molecule has 1 aliphatic rings. The zero-order chi connectivity index (χ0) is 10.1. The third kappa shape index (κ3) is 1.35. The van der Waals surface area contributed by atoms with Crippen LogP contribution in [-0.4, -0.2) is 27.4 Å². The Morgan fingerprint density at radius 3 is 3.07 bits per heavy atom. The van der Waals surface area contributed by atoms with Crippen LogP contribution in [0.4, 0.5) is 0 Å². The Bertz CT molecular complexity index is 398. The van der Waals surface area contributed by atoms with Gasteiger partial charge in [0.15, 0.2) is 5.78 Å². The number of carbonyl (C=O) groups excluding carboxylic acids is 2. The quantitative estimate of drug-likeness (QED) is 0.659. The number of alkyl halides is 1. The molecule has 2 rings (SSSR count). The van der Waals surface area contributed by atoms with Crippen molar-refractivity contribution < 1.29 is 9.59 Å². The second-order valence-corrected chi connectivity index (χ2v) is 3.49. The number of halogens is 1. The van der Waals surface area contributed by atoms with Crippen LogP contribution in [0.2, 0.25) is 0 Å². The average Bonchev–Trinajstić information content (AvgIpc) is 2.62. The molecular formula is C9H9ClN2O2. The molecule has 1 aliphatic carbocycles. The lowest BCUT2D eigenvalue weighted by atomic mass is 9.97. The van der Waals surface area contributed by atoms with E-state index >= 15 is 0 Å². The van der Waals surface area contributed by atoms with Crippen molar-refractivity contribution in [3.8, 4) is 0 Å². The number of ketones is 1. The molecule has 0 aliphatic heterocycles. The van der Waals surface area contributed by atoms with E-state index in [-0.39, 0.29) is 17.6 Å². The number of rotatable bonds is 1. The minimum atomic E-state index is -0.275. The van der Waals surface area contributed by atoms with Crippen molar-refractivity contribution in [2.45, 2.75) is 19.3 Å². The van der Waals surface area contributed by atoms with Gasteiger partial charge in [-0.1, -0.05) is 0 Å². The molecule has 0 atom stereocenters. The van der Waals surface area contributed by atoms with E-state index in [9.17, 15) is 9.59 Å². The van der Waals surface area contributed by atoms with Crippen LogP contribution in [0.5, 0.6) is 0 Å². The van der Waals surface area contributed by atoms with Gasteiger partial charge in [-0.15, -0.1) is 11.6 Å². The Morgan fingerprint density at radius 1 is 1.57 bits per heavy atom. The predicted molar refractivity (Wildman–Crippen MR) is 50.8 cm³/mol. The molecule has 0 saturated heterocycles. The van der Waals surface area contributed by atoms with Crippen LogP contribution in [0.1, 0.15) is 33.7 Å². The molecule has 4 nitrogen and oxygen atoms in total. The van der Waals surface area contributed by atoms with Crippen molar-refractivity contribution in [1.82, 2.24) is 9.78 Å². The first-order valence-electron chi connectivity index (χ1n) is 4.43. The van der Waals surface area contributed by atoms with E-state index in [2.05, 4.69) is 5.10 Å². The normalized spacial score (nSPS) is 15.4. The monoisotopic (exact) mass is 212 g/mol. The van der Waals surface area contributed by atoms with Crippen LogP contribution in [0.25, 0.3) is 0 Å². The molecule has 0 fully saturated rings. The highest BCUT2D eigenvalue weighted by molar-refractivity contribution is 6.27. The van der Waals surface area contributed by atoms with Crippen LogP contribution in [0.15, 0.2) is 6.20 Å². The van der Waals surface area contributed by atoms with E-state index in [1.165, 1.54) is 10.9 Å². The maximum Gasteiger partial charge on any atom is 0.262 e. The molecule has 0 spiro atoms. The van der Waals surface area contributed by atoms with Crippen molar-refractivity contribution in [1.29, 1.82) is 0 Å². The third-order valence-corrected chi connectivity index (χ3v) is 2.57. The van der Waals surface area contributed by atoms with Crippen molar-refractivity contribution in [3.63, 3.8) is 0 Å². The highest BCUT2D eigenvalue weighted by atomic mass is 35.5. The van der Waals surface area contributed by atoms with Crippen LogP contribution in [0.3, 0.4) is 0 Å². The van der Waals surface area contributed by atoms with Gasteiger partial charge in [-0.3, -0.25) is 9.59 Å². The minimum absolute atomic E-state index is 0.0693. The van der Waals surface area contributed by atoms with Crippen LogP contribution in [0, 0.1) is 0 Å². The first-order valence-corrected chi connectivity index (χ1v) is 4.96. The fourth-order valence-electron chi connectivity index (χ4n) is 1.67. The number of hydrogen-bond donors (Lipinski definition) is 0. The number of carbonyl (C=O) groups is 2. The highest BCUT2D eigenvalue weighted by Gasteiger charge is 2.23. The van der Waals surface area contributed by atoms with Gasteiger partial charge in [0.1, 0.15) is 5.88 Å². The molecule has 0 bridgehead atoms. The fourth-order valence-corrected chi connectivity index (χ4v) is 1.78. The lowest BCUT2D eigenvalue weighted by Crippen LogP contribution is -2.20. The lowest BCUT2D eigenvalue weighted by molar-refractivity contribution is 0.0920. The molecule has 74 valence electrons. The summed E-state index contributed by atoms with van der Waals surface area (Å²) in [6.45, 7) is 0. The standard InChI is InChI=1S/C9H9ClN2O2/c10-4-9(14)12-7-2-1-3-8(13)6(7)5-11-12/h5H,1-4H2. The van der Waals surface area contributed by atoms with Gasteiger partial charge in [-0.05, 0) is 12.8 Å². The second-order valence-electron chi connectivity index (χ2n) is 3.22. The van der Waals surface area contributed by atoms with Gasteiger partial charge < -0.3 is 0 Å². The molecule has 0 saturated carbocycles. The first kappa shape index (κ1) is 9.40. The number of aromatic nitrogens is 2.